The van der Waals surface area contributed by atoms with Gasteiger partial charge in [0.05, 0.1) is 31.9 Å². The van der Waals surface area contributed by atoms with Gasteiger partial charge in [-0.2, -0.15) is 0 Å². The highest BCUT2D eigenvalue weighted by molar-refractivity contribution is 5.98. The van der Waals surface area contributed by atoms with Crippen molar-refractivity contribution in [2.75, 3.05) is 39.8 Å². The van der Waals surface area contributed by atoms with Crippen LogP contribution in [0.5, 0.6) is 17.2 Å². The molecule has 3 aromatic rings. The van der Waals surface area contributed by atoms with Crippen LogP contribution >= 0.6 is 0 Å². The van der Waals surface area contributed by atoms with E-state index in [1.165, 1.54) is 4.90 Å². The van der Waals surface area contributed by atoms with Gasteiger partial charge in [0.25, 0.3) is 11.8 Å². The van der Waals surface area contributed by atoms with Crippen LogP contribution in [0.15, 0.2) is 66.7 Å². The summed E-state index contributed by atoms with van der Waals surface area (Å²) in [6.07, 6.45) is 0.335. The molecule has 240 valence electrons. The summed E-state index contributed by atoms with van der Waals surface area (Å²) in [6, 6.07) is 19.5. The fraction of sp³-hybridized carbons (Fsp3) is 0.371. The molecule has 0 radical (unpaired) electrons. The number of likely N-dealkylation sites (tertiary alicyclic amines) is 1. The molecule has 1 N–H and O–H groups in total. The number of hydrogen-bond acceptors (Lipinski definition) is 7. The van der Waals surface area contributed by atoms with Crippen LogP contribution in [0.2, 0.25) is 0 Å². The molecular weight excluding hydrogens is 588 g/mol. The summed E-state index contributed by atoms with van der Waals surface area (Å²) in [5.41, 5.74) is 2.86. The number of likely N-dealkylation sites (N-methyl/N-ethyl adjacent to an activating group) is 1. The van der Waals surface area contributed by atoms with Crippen molar-refractivity contribution in [2.45, 2.75) is 45.1 Å². The first-order valence-corrected chi connectivity index (χ1v) is 15.6. The van der Waals surface area contributed by atoms with E-state index in [1.807, 2.05) is 55.5 Å². The molecule has 2 atom stereocenters. The van der Waals surface area contributed by atoms with Crippen LogP contribution in [0, 0.1) is 0 Å². The third-order valence-electron chi connectivity index (χ3n) is 8.50. The fourth-order valence-electron chi connectivity index (χ4n) is 6.18. The Balaban J connectivity index is 1.17. The molecule has 0 unspecified atom stereocenters. The molecule has 4 amide bonds. The standard InChI is InChI=1S/C35H38N4O7/c1-3-44-27-16-25-17-28(18-27)46-26-9-6-7-23(15-26)22-45-31-11-13-38(20-30(31)36-32(40)21-37(2)34(25)42)33(41)12-14-39-19-24-8-4-5-10-29(24)35(39)43/h4-10,15-18,30-31H,3,11-14,19-22H2,1-2H3,(H,36,40)/t30-,31+/m0/s1. The summed E-state index contributed by atoms with van der Waals surface area (Å²) >= 11 is 0. The van der Waals surface area contributed by atoms with Gasteiger partial charge in [-0.3, -0.25) is 19.2 Å². The Labute approximate surface area is 268 Å². The van der Waals surface area contributed by atoms with Crippen LogP contribution in [0.25, 0.3) is 0 Å². The Hall–Kier alpha value is -4.90. The predicted octanol–water partition coefficient (Wildman–Crippen LogP) is 3.61. The lowest BCUT2D eigenvalue weighted by molar-refractivity contribution is -0.137. The minimum Gasteiger partial charge on any atom is -0.494 e. The maximum atomic E-state index is 13.4. The van der Waals surface area contributed by atoms with Gasteiger partial charge in [-0.25, -0.2) is 0 Å². The number of hydrogen-bond donors (Lipinski definition) is 1. The van der Waals surface area contributed by atoms with Gasteiger partial charge in [-0.1, -0.05) is 30.3 Å². The van der Waals surface area contributed by atoms with Gasteiger partial charge in [-0.05, 0) is 54.8 Å². The van der Waals surface area contributed by atoms with Crippen molar-refractivity contribution in [3.05, 3.63) is 89.0 Å². The maximum absolute atomic E-state index is 13.4. The number of piperidine rings is 1. The summed E-state index contributed by atoms with van der Waals surface area (Å²) < 4.78 is 18.1. The Bertz CT molecular complexity index is 1640. The Morgan fingerprint density at radius 2 is 1.83 bits per heavy atom. The van der Waals surface area contributed by atoms with Gasteiger partial charge in [0.15, 0.2) is 0 Å². The predicted molar refractivity (Wildman–Crippen MR) is 169 cm³/mol. The first kappa shape index (κ1) is 31.1. The molecule has 46 heavy (non-hydrogen) atoms. The quantitative estimate of drug-likeness (QED) is 0.460. The highest BCUT2D eigenvalue weighted by Gasteiger charge is 2.35. The van der Waals surface area contributed by atoms with Crippen molar-refractivity contribution in [1.82, 2.24) is 20.0 Å². The van der Waals surface area contributed by atoms with Crippen molar-refractivity contribution in [2.24, 2.45) is 0 Å². The smallest absolute Gasteiger partial charge is 0.254 e. The molecule has 11 heteroatoms. The van der Waals surface area contributed by atoms with Crippen molar-refractivity contribution in [1.29, 1.82) is 0 Å². The highest BCUT2D eigenvalue weighted by atomic mass is 16.5. The second kappa shape index (κ2) is 13.6. The number of nitrogens with zero attached hydrogens (tertiary/aromatic N) is 3. The van der Waals surface area contributed by atoms with Gasteiger partial charge in [0.2, 0.25) is 11.8 Å². The summed E-state index contributed by atoms with van der Waals surface area (Å²) in [7, 11) is 1.56. The molecule has 11 nitrogen and oxygen atoms in total. The topological polar surface area (TPSA) is 118 Å². The molecule has 0 spiro atoms. The zero-order valence-corrected chi connectivity index (χ0v) is 26.1. The normalized spacial score (nSPS) is 20.0. The van der Waals surface area contributed by atoms with Crippen LogP contribution in [-0.4, -0.2) is 90.3 Å². The number of carbonyl (C=O) groups excluding carboxylic acids is 4. The second-order valence-corrected chi connectivity index (χ2v) is 11.8. The van der Waals surface area contributed by atoms with E-state index >= 15 is 0 Å². The van der Waals surface area contributed by atoms with E-state index < -0.39 is 6.04 Å². The molecular formula is C35H38N4O7. The number of benzene rings is 3. The van der Waals surface area contributed by atoms with E-state index in [4.69, 9.17) is 14.2 Å². The second-order valence-electron chi connectivity index (χ2n) is 11.8. The SMILES string of the molecule is CCOc1cc2cc(c1)C(=O)N(C)CC(=O)N[C@H]1CN(C(=O)CCN3Cc4ccccc4C3=O)CC[C@H]1OCc1cccc(c1)O2. The van der Waals surface area contributed by atoms with Crippen LogP contribution in [-0.2, 0) is 27.5 Å². The number of carbonyl (C=O) groups is 4. The minimum atomic E-state index is -0.494. The van der Waals surface area contributed by atoms with Crippen molar-refractivity contribution in [3.63, 3.8) is 0 Å². The lowest BCUT2D eigenvalue weighted by Gasteiger charge is -2.39. The molecule has 0 aromatic heterocycles. The van der Waals surface area contributed by atoms with Gasteiger partial charge in [0.1, 0.15) is 17.2 Å². The van der Waals surface area contributed by atoms with E-state index in [2.05, 4.69) is 5.32 Å². The minimum absolute atomic E-state index is 0.0608. The van der Waals surface area contributed by atoms with E-state index in [9.17, 15) is 19.2 Å². The lowest BCUT2D eigenvalue weighted by Crippen LogP contribution is -2.58. The van der Waals surface area contributed by atoms with Gasteiger partial charge < -0.3 is 34.2 Å². The third kappa shape index (κ3) is 6.99. The summed E-state index contributed by atoms with van der Waals surface area (Å²) in [5, 5.41) is 3.03. The first-order chi connectivity index (χ1) is 22.3. The summed E-state index contributed by atoms with van der Waals surface area (Å²) in [5.74, 6) is 0.617. The van der Waals surface area contributed by atoms with E-state index in [0.29, 0.717) is 61.0 Å². The molecule has 3 aliphatic heterocycles. The fourth-order valence-corrected chi connectivity index (χ4v) is 6.18. The Kier molecular flexibility index (Phi) is 9.20. The van der Waals surface area contributed by atoms with Gasteiger partial charge in [-0.15, -0.1) is 0 Å². The van der Waals surface area contributed by atoms with Crippen LogP contribution in [0.1, 0.15) is 51.6 Å². The Morgan fingerprint density at radius 3 is 2.65 bits per heavy atom. The molecule has 4 bridgehead atoms. The number of rotatable bonds is 5. The number of ether oxygens (including phenoxy) is 3. The number of fused-ring (bicyclic) bond motifs is 6. The molecule has 3 aromatic carbocycles. The molecule has 1 saturated heterocycles. The van der Waals surface area contributed by atoms with Crippen molar-refractivity contribution >= 4 is 23.6 Å². The largest absolute Gasteiger partial charge is 0.494 e. The molecule has 1 fully saturated rings. The molecule has 0 aliphatic carbocycles. The van der Waals surface area contributed by atoms with Crippen molar-refractivity contribution in [3.8, 4) is 17.2 Å². The van der Waals surface area contributed by atoms with E-state index in [0.717, 1.165) is 11.1 Å². The zero-order valence-electron chi connectivity index (χ0n) is 26.1. The molecule has 6 rings (SSSR count). The third-order valence-corrected chi connectivity index (χ3v) is 8.50. The van der Waals surface area contributed by atoms with Gasteiger partial charge in [0, 0.05) is 56.8 Å². The zero-order chi connectivity index (χ0) is 32.2. The molecule has 3 heterocycles. The highest BCUT2D eigenvalue weighted by Crippen LogP contribution is 2.30. The average Bonchev–Trinajstić information content (AvgIpc) is 3.37. The Morgan fingerprint density at radius 1 is 0.978 bits per heavy atom. The number of nitrogens with one attached hydrogen (secondary N) is 1. The lowest BCUT2D eigenvalue weighted by atomic mass is 10.0. The van der Waals surface area contributed by atoms with Crippen LogP contribution in [0.4, 0.5) is 0 Å². The monoisotopic (exact) mass is 626 g/mol. The van der Waals surface area contributed by atoms with Crippen molar-refractivity contribution < 1.29 is 33.4 Å². The van der Waals surface area contributed by atoms with Crippen LogP contribution in [0.3, 0.4) is 0 Å². The first-order valence-electron chi connectivity index (χ1n) is 15.6. The van der Waals surface area contributed by atoms with Gasteiger partial charge >= 0.3 is 0 Å². The molecule has 0 saturated carbocycles. The summed E-state index contributed by atoms with van der Waals surface area (Å²) in [4.78, 5) is 57.6. The average molecular weight is 627 g/mol. The maximum Gasteiger partial charge on any atom is 0.254 e. The van der Waals surface area contributed by atoms with E-state index in [-0.39, 0.29) is 55.8 Å². The van der Waals surface area contributed by atoms with Crippen LogP contribution < -0.4 is 14.8 Å². The van der Waals surface area contributed by atoms with E-state index in [1.54, 1.807) is 35.0 Å². The number of amides is 4. The molecule has 3 aliphatic rings. The summed E-state index contributed by atoms with van der Waals surface area (Å²) in [6.45, 7) is 3.88.